The van der Waals surface area contributed by atoms with Gasteiger partial charge in [0.25, 0.3) is 0 Å². The normalized spacial score (nSPS) is 11.4. The lowest BCUT2D eigenvalue weighted by Crippen LogP contribution is -2.23. The fraction of sp³-hybridized carbons (Fsp3) is 0.400. The predicted octanol–water partition coefficient (Wildman–Crippen LogP) is 3.75. The Morgan fingerprint density at radius 1 is 1.09 bits per heavy atom. The molecule has 2 nitrogen and oxygen atoms in total. The number of aryl methyl sites for hydroxylation is 1. The minimum absolute atomic E-state index is 0.189. The second kappa shape index (κ2) is 6.70. The van der Waals surface area contributed by atoms with Crippen LogP contribution in [0.3, 0.4) is 0 Å². The van der Waals surface area contributed by atoms with Crippen molar-refractivity contribution in [3.8, 4) is 0 Å². The van der Waals surface area contributed by atoms with Crippen LogP contribution in [0, 0.1) is 6.92 Å². The minimum atomic E-state index is 0.189. The van der Waals surface area contributed by atoms with Crippen molar-refractivity contribution in [3.63, 3.8) is 0 Å². The predicted molar refractivity (Wildman–Crippen MR) is 107 cm³/mol. The van der Waals surface area contributed by atoms with Crippen molar-refractivity contribution in [2.24, 2.45) is 0 Å². The lowest BCUT2D eigenvalue weighted by Gasteiger charge is -2.26. The molecule has 2 aromatic carbocycles. The summed E-state index contributed by atoms with van der Waals surface area (Å²) in [4.78, 5) is 2.27. The fourth-order valence-corrected chi connectivity index (χ4v) is 2.89. The van der Waals surface area contributed by atoms with E-state index in [4.69, 9.17) is 0 Å². The molecule has 0 aliphatic heterocycles. The molecule has 3 heteroatoms. The van der Waals surface area contributed by atoms with Gasteiger partial charge in [-0.1, -0.05) is 32.9 Å². The molecule has 0 radical (unpaired) electrons. The molecule has 0 unspecified atom stereocenters. The summed E-state index contributed by atoms with van der Waals surface area (Å²) in [6.07, 6.45) is 0. The SMILES string of the molecule is Bc1c(NCC)cc(C)cc1N(C)c1ccc(C(C)(C)C)cc1. The molecular formula is C20H29BN2. The Morgan fingerprint density at radius 3 is 2.22 bits per heavy atom. The third-order valence-electron chi connectivity index (χ3n) is 4.37. The van der Waals surface area contributed by atoms with Crippen molar-refractivity contribution in [2.75, 3.05) is 23.8 Å². The van der Waals surface area contributed by atoms with Gasteiger partial charge in [0.15, 0.2) is 0 Å². The van der Waals surface area contributed by atoms with Crippen LogP contribution in [0.2, 0.25) is 0 Å². The number of hydrogen-bond donors (Lipinski definition) is 1. The summed E-state index contributed by atoms with van der Waals surface area (Å²) in [5.41, 5.74) is 7.82. The van der Waals surface area contributed by atoms with E-state index in [0.29, 0.717) is 0 Å². The van der Waals surface area contributed by atoms with Gasteiger partial charge in [-0.3, -0.25) is 0 Å². The third kappa shape index (κ3) is 3.90. The Morgan fingerprint density at radius 2 is 1.70 bits per heavy atom. The highest BCUT2D eigenvalue weighted by molar-refractivity contribution is 6.39. The van der Waals surface area contributed by atoms with Crippen LogP contribution in [-0.2, 0) is 5.41 Å². The molecule has 0 aromatic heterocycles. The summed E-state index contributed by atoms with van der Waals surface area (Å²) in [5.74, 6) is 0. The largest absolute Gasteiger partial charge is 0.386 e. The first-order valence-electron chi connectivity index (χ1n) is 8.43. The highest BCUT2D eigenvalue weighted by Gasteiger charge is 2.15. The second-order valence-electron chi connectivity index (χ2n) is 7.34. The lowest BCUT2D eigenvalue weighted by molar-refractivity contribution is 0.590. The van der Waals surface area contributed by atoms with E-state index in [2.05, 4.69) is 96.1 Å². The summed E-state index contributed by atoms with van der Waals surface area (Å²) in [6, 6.07) is 13.4. The summed E-state index contributed by atoms with van der Waals surface area (Å²) in [6.45, 7) is 12.0. The number of anilines is 3. The van der Waals surface area contributed by atoms with Crippen molar-refractivity contribution >= 4 is 30.4 Å². The Labute approximate surface area is 142 Å². The molecule has 2 rings (SSSR count). The van der Waals surface area contributed by atoms with E-state index >= 15 is 0 Å². The van der Waals surface area contributed by atoms with Crippen LogP contribution in [0.25, 0.3) is 0 Å². The van der Waals surface area contributed by atoms with E-state index in [0.717, 1.165) is 6.54 Å². The molecule has 0 fully saturated rings. The van der Waals surface area contributed by atoms with Gasteiger partial charge in [0, 0.05) is 30.7 Å². The quantitative estimate of drug-likeness (QED) is 0.865. The molecule has 0 atom stereocenters. The standard InChI is InChI=1S/C20H29BN2/c1-7-22-17-12-14(2)13-18(19(17)21)23(6)16-10-8-15(9-11-16)20(3,4)5/h8-13,22H,7,21H2,1-6H3. The maximum absolute atomic E-state index is 3.47. The van der Waals surface area contributed by atoms with Crippen LogP contribution in [0.5, 0.6) is 0 Å². The van der Waals surface area contributed by atoms with Gasteiger partial charge < -0.3 is 10.2 Å². The smallest absolute Gasteiger partial charge is 0.144 e. The molecule has 0 bridgehead atoms. The Balaban J connectivity index is 2.38. The molecule has 1 N–H and O–H groups in total. The van der Waals surface area contributed by atoms with Crippen molar-refractivity contribution in [1.82, 2.24) is 0 Å². The molecule has 23 heavy (non-hydrogen) atoms. The summed E-state index contributed by atoms with van der Waals surface area (Å²) >= 11 is 0. The van der Waals surface area contributed by atoms with Gasteiger partial charge in [-0.05, 0) is 60.1 Å². The van der Waals surface area contributed by atoms with Gasteiger partial charge in [0.1, 0.15) is 7.85 Å². The molecule has 0 heterocycles. The van der Waals surface area contributed by atoms with E-state index in [9.17, 15) is 0 Å². The topological polar surface area (TPSA) is 15.3 Å². The number of nitrogens with zero attached hydrogens (tertiary/aromatic N) is 1. The summed E-state index contributed by atoms with van der Waals surface area (Å²) < 4.78 is 0. The number of nitrogens with one attached hydrogen (secondary N) is 1. The van der Waals surface area contributed by atoms with Crippen LogP contribution in [-0.4, -0.2) is 21.4 Å². The molecule has 0 spiro atoms. The monoisotopic (exact) mass is 308 g/mol. The van der Waals surface area contributed by atoms with E-state index < -0.39 is 0 Å². The van der Waals surface area contributed by atoms with Crippen LogP contribution >= 0.6 is 0 Å². The molecule has 0 aliphatic rings. The van der Waals surface area contributed by atoms with Gasteiger partial charge in [0.2, 0.25) is 0 Å². The van der Waals surface area contributed by atoms with Crippen molar-refractivity contribution in [3.05, 3.63) is 47.5 Å². The van der Waals surface area contributed by atoms with Gasteiger partial charge in [-0.15, -0.1) is 0 Å². The van der Waals surface area contributed by atoms with E-state index in [-0.39, 0.29) is 5.41 Å². The maximum Gasteiger partial charge on any atom is 0.144 e. The Hall–Kier alpha value is -1.90. The highest BCUT2D eigenvalue weighted by Crippen LogP contribution is 2.28. The highest BCUT2D eigenvalue weighted by atomic mass is 15.1. The van der Waals surface area contributed by atoms with E-state index in [1.165, 1.54) is 33.7 Å². The van der Waals surface area contributed by atoms with E-state index in [1.54, 1.807) is 0 Å². The van der Waals surface area contributed by atoms with Crippen molar-refractivity contribution in [2.45, 2.75) is 40.0 Å². The van der Waals surface area contributed by atoms with E-state index in [1.807, 2.05) is 0 Å². The van der Waals surface area contributed by atoms with Crippen LogP contribution < -0.4 is 15.7 Å². The average Bonchev–Trinajstić information content (AvgIpc) is 2.49. The number of benzene rings is 2. The zero-order valence-corrected chi connectivity index (χ0v) is 15.6. The summed E-state index contributed by atoms with van der Waals surface area (Å²) in [5, 5.41) is 3.47. The summed E-state index contributed by atoms with van der Waals surface area (Å²) in [7, 11) is 4.33. The van der Waals surface area contributed by atoms with Gasteiger partial charge >= 0.3 is 0 Å². The molecule has 0 saturated carbocycles. The average molecular weight is 308 g/mol. The Kier molecular flexibility index (Phi) is 5.08. The van der Waals surface area contributed by atoms with Gasteiger partial charge in [0.05, 0.1) is 0 Å². The number of rotatable bonds is 4. The molecular weight excluding hydrogens is 279 g/mol. The molecule has 0 aliphatic carbocycles. The molecule has 2 aromatic rings. The molecule has 0 saturated heterocycles. The van der Waals surface area contributed by atoms with Crippen molar-refractivity contribution in [1.29, 1.82) is 0 Å². The second-order valence-corrected chi connectivity index (χ2v) is 7.34. The number of hydrogen-bond acceptors (Lipinski definition) is 2. The zero-order valence-electron chi connectivity index (χ0n) is 15.6. The maximum atomic E-state index is 3.47. The first-order chi connectivity index (χ1) is 10.7. The van der Waals surface area contributed by atoms with Crippen LogP contribution in [0.1, 0.15) is 38.8 Å². The van der Waals surface area contributed by atoms with Gasteiger partial charge in [-0.2, -0.15) is 0 Å². The fourth-order valence-electron chi connectivity index (χ4n) is 2.89. The molecule has 0 amide bonds. The lowest BCUT2D eigenvalue weighted by atomic mass is 9.87. The Bertz CT molecular complexity index is 669. The van der Waals surface area contributed by atoms with Crippen molar-refractivity contribution < 1.29 is 0 Å². The zero-order chi connectivity index (χ0) is 17.2. The first-order valence-corrected chi connectivity index (χ1v) is 8.43. The molecule has 122 valence electrons. The first kappa shape index (κ1) is 17.5. The third-order valence-corrected chi connectivity index (χ3v) is 4.37. The minimum Gasteiger partial charge on any atom is -0.386 e. The van der Waals surface area contributed by atoms with Gasteiger partial charge in [-0.25, -0.2) is 0 Å². The van der Waals surface area contributed by atoms with Crippen LogP contribution in [0.15, 0.2) is 36.4 Å². The van der Waals surface area contributed by atoms with Crippen LogP contribution in [0.4, 0.5) is 17.1 Å².